The van der Waals surface area contributed by atoms with Gasteiger partial charge in [0.1, 0.15) is 11.7 Å². The largest absolute Gasteiger partial charge is 0.472 e. The number of carbonyl (C=O) groups excluding carboxylic acids is 2. The van der Waals surface area contributed by atoms with Gasteiger partial charge in [0.05, 0.1) is 19.2 Å². The first kappa shape index (κ1) is 24.3. The van der Waals surface area contributed by atoms with Crippen molar-refractivity contribution in [1.29, 1.82) is 0 Å². The van der Waals surface area contributed by atoms with Gasteiger partial charge >= 0.3 is 0 Å². The van der Waals surface area contributed by atoms with Gasteiger partial charge in [-0.05, 0) is 42.8 Å². The summed E-state index contributed by atoms with van der Waals surface area (Å²) in [4.78, 5) is 42.2. The molecule has 182 valence electrons. The van der Waals surface area contributed by atoms with Gasteiger partial charge in [-0.2, -0.15) is 0 Å². The Labute approximate surface area is 204 Å². The number of likely N-dealkylation sites (N-methyl/N-ethyl adjacent to an activating group) is 1. The molecule has 3 aromatic rings. The van der Waals surface area contributed by atoms with Gasteiger partial charge in [-0.25, -0.2) is 4.98 Å². The lowest BCUT2D eigenvalue weighted by Gasteiger charge is -2.37. The van der Waals surface area contributed by atoms with Crippen LogP contribution >= 0.6 is 0 Å². The molecule has 1 N–H and O–H groups in total. The summed E-state index contributed by atoms with van der Waals surface area (Å²) in [5, 5.41) is 9.84. The third-order valence-corrected chi connectivity index (χ3v) is 6.26. The minimum Gasteiger partial charge on any atom is -0.472 e. The van der Waals surface area contributed by atoms with E-state index in [1.165, 1.54) is 0 Å². The molecule has 2 amide bonds. The fourth-order valence-corrected chi connectivity index (χ4v) is 4.09. The van der Waals surface area contributed by atoms with Crippen LogP contribution < -0.4 is 4.74 Å². The molecule has 1 aliphatic rings. The van der Waals surface area contributed by atoms with E-state index in [4.69, 9.17) is 4.74 Å². The van der Waals surface area contributed by atoms with Crippen LogP contribution in [0, 0.1) is 5.92 Å². The quantitative estimate of drug-likeness (QED) is 0.584. The highest BCUT2D eigenvalue weighted by molar-refractivity contribution is 5.98. The van der Waals surface area contributed by atoms with Crippen LogP contribution in [0.15, 0.2) is 61.3 Å². The van der Waals surface area contributed by atoms with E-state index in [1.807, 2.05) is 19.1 Å². The summed E-state index contributed by atoms with van der Waals surface area (Å²) in [5.41, 5.74) is 2.49. The second-order valence-corrected chi connectivity index (χ2v) is 8.86. The van der Waals surface area contributed by atoms with Crippen molar-refractivity contribution >= 4 is 11.8 Å². The average molecular weight is 476 g/mol. The lowest BCUT2D eigenvalue weighted by Crippen LogP contribution is -2.50. The SMILES string of the molecule is C[C@@H]1CN([C@H](C)CO)C(=O)c2cc(-c3ccncc3)cnc2O[C@@H]1CN(C)C(=O)c1ccncc1. The minimum absolute atomic E-state index is 0.129. The molecule has 35 heavy (non-hydrogen) atoms. The van der Waals surface area contributed by atoms with E-state index in [9.17, 15) is 14.7 Å². The van der Waals surface area contributed by atoms with Crippen LogP contribution in [0.2, 0.25) is 0 Å². The van der Waals surface area contributed by atoms with Gasteiger partial charge < -0.3 is 19.6 Å². The highest BCUT2D eigenvalue weighted by Crippen LogP contribution is 2.30. The van der Waals surface area contributed by atoms with Gasteiger partial charge in [-0.1, -0.05) is 6.92 Å². The highest BCUT2D eigenvalue weighted by atomic mass is 16.5. The van der Waals surface area contributed by atoms with Gasteiger partial charge in [0, 0.05) is 61.6 Å². The van der Waals surface area contributed by atoms with E-state index in [0.29, 0.717) is 24.2 Å². The normalized spacial score (nSPS) is 18.6. The van der Waals surface area contributed by atoms with E-state index < -0.39 is 12.1 Å². The third kappa shape index (κ3) is 5.30. The number of aliphatic hydroxyl groups is 1. The fourth-order valence-electron chi connectivity index (χ4n) is 4.09. The molecule has 9 heteroatoms. The molecule has 3 aromatic heterocycles. The van der Waals surface area contributed by atoms with E-state index in [-0.39, 0.29) is 30.2 Å². The molecule has 0 aliphatic carbocycles. The van der Waals surface area contributed by atoms with E-state index in [2.05, 4.69) is 15.0 Å². The maximum Gasteiger partial charge on any atom is 0.259 e. The van der Waals surface area contributed by atoms with Gasteiger partial charge in [-0.3, -0.25) is 19.6 Å². The molecule has 0 unspecified atom stereocenters. The fraction of sp³-hybridized carbons (Fsp3) is 0.346. The number of rotatable bonds is 6. The van der Waals surface area contributed by atoms with Crippen LogP contribution in [0.3, 0.4) is 0 Å². The molecule has 0 saturated heterocycles. The van der Waals surface area contributed by atoms with Crippen LogP contribution in [0.5, 0.6) is 5.88 Å². The Hall–Kier alpha value is -3.85. The van der Waals surface area contributed by atoms with Crippen molar-refractivity contribution in [3.8, 4) is 17.0 Å². The zero-order valence-corrected chi connectivity index (χ0v) is 20.0. The predicted molar refractivity (Wildman–Crippen MR) is 130 cm³/mol. The minimum atomic E-state index is -0.426. The molecule has 9 nitrogen and oxygen atoms in total. The Kier molecular flexibility index (Phi) is 7.36. The number of amides is 2. The van der Waals surface area contributed by atoms with Gasteiger partial charge in [-0.15, -0.1) is 0 Å². The second-order valence-electron chi connectivity index (χ2n) is 8.86. The van der Waals surface area contributed by atoms with E-state index in [0.717, 1.165) is 11.1 Å². The number of nitrogens with zero attached hydrogens (tertiary/aromatic N) is 5. The first-order valence-corrected chi connectivity index (χ1v) is 11.5. The number of carbonyl (C=O) groups is 2. The van der Waals surface area contributed by atoms with Gasteiger partial charge in [0.25, 0.3) is 11.8 Å². The zero-order chi connectivity index (χ0) is 24.9. The summed E-state index contributed by atoms with van der Waals surface area (Å²) < 4.78 is 6.29. The summed E-state index contributed by atoms with van der Waals surface area (Å²) >= 11 is 0. The van der Waals surface area contributed by atoms with E-state index >= 15 is 0 Å². The van der Waals surface area contributed by atoms with Crippen molar-refractivity contribution in [2.24, 2.45) is 5.92 Å². The first-order chi connectivity index (χ1) is 16.9. The Morgan fingerprint density at radius 2 is 1.83 bits per heavy atom. The zero-order valence-electron chi connectivity index (χ0n) is 20.0. The number of hydrogen-bond acceptors (Lipinski definition) is 7. The Balaban J connectivity index is 1.68. The molecule has 0 aromatic carbocycles. The van der Waals surface area contributed by atoms with Crippen molar-refractivity contribution in [3.63, 3.8) is 0 Å². The lowest BCUT2D eigenvalue weighted by atomic mass is 9.99. The molecule has 1 aliphatic heterocycles. The summed E-state index contributed by atoms with van der Waals surface area (Å²) in [5.74, 6) is -0.320. The Bertz CT molecular complexity index is 1170. The van der Waals surface area contributed by atoms with Crippen molar-refractivity contribution in [2.45, 2.75) is 26.0 Å². The van der Waals surface area contributed by atoms with E-state index in [1.54, 1.807) is 73.0 Å². The summed E-state index contributed by atoms with van der Waals surface area (Å²) in [7, 11) is 1.72. The third-order valence-electron chi connectivity index (χ3n) is 6.26. The molecule has 0 spiro atoms. The molecule has 0 radical (unpaired) electrons. The summed E-state index contributed by atoms with van der Waals surface area (Å²) in [6, 6.07) is 8.39. The smallest absolute Gasteiger partial charge is 0.259 e. The maximum atomic E-state index is 13.6. The van der Waals surface area contributed by atoms with Crippen molar-refractivity contribution < 1.29 is 19.4 Å². The maximum absolute atomic E-state index is 13.6. The van der Waals surface area contributed by atoms with Crippen molar-refractivity contribution in [3.05, 3.63) is 72.4 Å². The van der Waals surface area contributed by atoms with Crippen LogP contribution in [-0.4, -0.2) is 80.6 Å². The van der Waals surface area contributed by atoms with Crippen LogP contribution in [0.25, 0.3) is 11.1 Å². The van der Waals surface area contributed by atoms with Gasteiger partial charge in [0.15, 0.2) is 0 Å². The second kappa shape index (κ2) is 10.6. The average Bonchev–Trinajstić information content (AvgIpc) is 2.90. The van der Waals surface area contributed by atoms with Gasteiger partial charge in [0.2, 0.25) is 5.88 Å². The summed E-state index contributed by atoms with van der Waals surface area (Å²) in [6.07, 6.45) is 7.75. The molecule has 3 atom stereocenters. The molecule has 4 heterocycles. The molecule has 0 saturated carbocycles. The Morgan fingerprint density at radius 1 is 1.17 bits per heavy atom. The van der Waals surface area contributed by atoms with Crippen molar-refractivity contribution in [1.82, 2.24) is 24.8 Å². The highest BCUT2D eigenvalue weighted by Gasteiger charge is 2.34. The number of ether oxygens (including phenoxy) is 1. The van der Waals surface area contributed by atoms with Crippen LogP contribution in [-0.2, 0) is 0 Å². The molecular formula is C26H29N5O4. The monoisotopic (exact) mass is 475 g/mol. The predicted octanol–water partition coefficient (Wildman–Crippen LogP) is 2.53. The first-order valence-electron chi connectivity index (χ1n) is 11.5. The number of hydrogen-bond donors (Lipinski definition) is 1. The Morgan fingerprint density at radius 3 is 2.49 bits per heavy atom. The summed E-state index contributed by atoms with van der Waals surface area (Å²) in [6.45, 7) is 4.26. The standard InChI is InChI=1S/C26H29N5O4/c1-17-14-31(18(2)16-32)26(34)22-12-21(19-4-8-27-9-5-19)13-29-24(22)35-23(17)15-30(3)25(33)20-6-10-28-11-7-20/h4-13,17-18,23,32H,14-16H2,1-3H3/t17-,18-,23-/m1/s1. The molecule has 0 fully saturated rings. The number of aliphatic hydroxyl groups excluding tert-OH is 1. The number of fused-ring (bicyclic) bond motifs is 1. The van der Waals surface area contributed by atoms with Crippen LogP contribution in [0.4, 0.5) is 0 Å². The number of aromatic nitrogens is 3. The molecule has 0 bridgehead atoms. The lowest BCUT2D eigenvalue weighted by molar-refractivity contribution is 0.0313. The van der Waals surface area contributed by atoms with Crippen LogP contribution in [0.1, 0.15) is 34.6 Å². The van der Waals surface area contributed by atoms with Crippen molar-refractivity contribution in [2.75, 3.05) is 26.7 Å². The number of pyridine rings is 3. The molecule has 4 rings (SSSR count). The molecular weight excluding hydrogens is 446 g/mol. The topological polar surface area (TPSA) is 109 Å².